The number of ether oxygens (including phenoxy) is 1. The van der Waals surface area contributed by atoms with Gasteiger partial charge in [0.05, 0.1) is 25.2 Å². The number of halogens is 1. The van der Waals surface area contributed by atoms with Gasteiger partial charge in [-0.05, 0) is 18.2 Å². The molecule has 6 heteroatoms. The quantitative estimate of drug-likeness (QED) is 0.794. The number of hydrogen-bond donors (Lipinski definition) is 2. The van der Waals surface area contributed by atoms with Gasteiger partial charge in [0.15, 0.2) is 0 Å². The lowest BCUT2D eigenvalue weighted by molar-refractivity contribution is -0.141. The van der Waals surface area contributed by atoms with E-state index in [1.807, 2.05) is 6.07 Å². The minimum absolute atomic E-state index is 0. The molecule has 17 heavy (non-hydrogen) atoms. The molecule has 0 bridgehead atoms. The molecule has 5 nitrogen and oxygen atoms in total. The fourth-order valence-corrected chi connectivity index (χ4v) is 1.29. The van der Waals surface area contributed by atoms with E-state index in [0.717, 1.165) is 0 Å². The van der Waals surface area contributed by atoms with E-state index >= 15 is 0 Å². The highest BCUT2D eigenvalue weighted by molar-refractivity contribution is 5.85. The number of nitrogens with zero attached hydrogens (tertiary/aromatic N) is 1. The zero-order valence-electron chi connectivity index (χ0n) is 9.21. The highest BCUT2D eigenvalue weighted by Gasteiger charge is 2.15. The fourth-order valence-electron chi connectivity index (χ4n) is 1.29. The summed E-state index contributed by atoms with van der Waals surface area (Å²) >= 11 is 0. The molecule has 0 heterocycles. The Morgan fingerprint density at radius 1 is 1.65 bits per heavy atom. The lowest BCUT2D eigenvalue weighted by Gasteiger charge is -2.12. The molecular formula is C11H13ClN2O3. The van der Waals surface area contributed by atoms with Crippen LogP contribution in [-0.2, 0) is 9.53 Å². The van der Waals surface area contributed by atoms with Crippen molar-refractivity contribution in [1.29, 1.82) is 5.26 Å². The van der Waals surface area contributed by atoms with Crippen LogP contribution in [0.5, 0.6) is 5.75 Å². The number of hydrogen-bond acceptors (Lipinski definition) is 5. The molecule has 1 aromatic carbocycles. The van der Waals surface area contributed by atoms with Crippen LogP contribution < -0.4 is 5.73 Å². The van der Waals surface area contributed by atoms with Crippen LogP contribution in [0.4, 0.5) is 0 Å². The topological polar surface area (TPSA) is 96.3 Å². The van der Waals surface area contributed by atoms with Crippen LogP contribution >= 0.6 is 12.4 Å². The molecule has 0 spiro atoms. The number of rotatable bonds is 3. The van der Waals surface area contributed by atoms with Gasteiger partial charge in [-0.3, -0.25) is 4.79 Å². The van der Waals surface area contributed by atoms with Gasteiger partial charge in [-0.2, -0.15) is 5.26 Å². The van der Waals surface area contributed by atoms with Gasteiger partial charge >= 0.3 is 5.97 Å². The van der Waals surface area contributed by atoms with Crippen molar-refractivity contribution in [2.75, 3.05) is 7.11 Å². The van der Waals surface area contributed by atoms with Crippen LogP contribution in [0.25, 0.3) is 0 Å². The van der Waals surface area contributed by atoms with E-state index in [2.05, 4.69) is 4.74 Å². The van der Waals surface area contributed by atoms with Crippen molar-refractivity contribution in [2.45, 2.75) is 12.5 Å². The Bertz CT molecular complexity index is 443. The van der Waals surface area contributed by atoms with Crippen molar-refractivity contribution in [3.05, 3.63) is 29.3 Å². The standard InChI is InChI=1S/C11H12N2O3.ClH/c1-16-11(15)5-9(13)8-4-7(6-12)2-3-10(8)14;/h2-4,9,14H,5,13H2,1H3;1H/t9-;/m1./s1. The second kappa shape index (κ2) is 6.74. The second-order valence-corrected chi connectivity index (χ2v) is 3.27. The molecule has 1 rings (SSSR count). The maximum atomic E-state index is 11.0. The summed E-state index contributed by atoms with van der Waals surface area (Å²) in [5.41, 5.74) is 6.47. The number of phenolic OH excluding ortho intramolecular Hbond substituents is 1. The van der Waals surface area contributed by atoms with E-state index < -0.39 is 12.0 Å². The Hall–Kier alpha value is -1.77. The summed E-state index contributed by atoms with van der Waals surface area (Å²) in [7, 11) is 1.26. The van der Waals surface area contributed by atoms with E-state index in [9.17, 15) is 9.90 Å². The molecule has 1 aromatic rings. The van der Waals surface area contributed by atoms with Crippen LogP contribution in [0, 0.1) is 11.3 Å². The minimum Gasteiger partial charge on any atom is -0.508 e. The zero-order valence-corrected chi connectivity index (χ0v) is 10.0. The maximum Gasteiger partial charge on any atom is 0.307 e. The molecule has 0 radical (unpaired) electrons. The molecule has 0 fully saturated rings. The molecule has 0 aliphatic rings. The van der Waals surface area contributed by atoms with E-state index in [-0.39, 0.29) is 24.6 Å². The van der Waals surface area contributed by atoms with Gasteiger partial charge in [0, 0.05) is 11.6 Å². The molecule has 0 aromatic heterocycles. The molecule has 3 N–H and O–H groups in total. The highest BCUT2D eigenvalue weighted by atomic mass is 35.5. The fraction of sp³-hybridized carbons (Fsp3) is 0.273. The molecule has 92 valence electrons. The third-order valence-electron chi connectivity index (χ3n) is 2.17. The zero-order chi connectivity index (χ0) is 12.1. The van der Waals surface area contributed by atoms with Crippen LogP contribution in [0.2, 0.25) is 0 Å². The molecule has 0 aliphatic heterocycles. The summed E-state index contributed by atoms with van der Waals surface area (Å²) in [6, 6.07) is 5.57. The van der Waals surface area contributed by atoms with Crippen molar-refractivity contribution in [3.8, 4) is 11.8 Å². The summed E-state index contributed by atoms with van der Waals surface area (Å²) in [5.74, 6) is -0.496. The number of carbonyl (C=O) groups excluding carboxylic acids is 1. The van der Waals surface area contributed by atoms with E-state index in [1.54, 1.807) is 0 Å². The Morgan fingerprint density at radius 2 is 2.29 bits per heavy atom. The third kappa shape index (κ3) is 3.94. The second-order valence-electron chi connectivity index (χ2n) is 3.27. The predicted octanol–water partition coefficient (Wildman–Crippen LogP) is 1.25. The number of benzene rings is 1. The number of carbonyl (C=O) groups is 1. The minimum atomic E-state index is -0.680. The number of methoxy groups -OCH3 is 1. The molecular weight excluding hydrogens is 244 g/mol. The van der Waals surface area contributed by atoms with Crippen molar-refractivity contribution in [1.82, 2.24) is 0 Å². The van der Waals surface area contributed by atoms with E-state index in [1.165, 1.54) is 25.3 Å². The predicted molar refractivity (Wildman–Crippen MR) is 63.6 cm³/mol. The van der Waals surface area contributed by atoms with Crippen LogP contribution in [-0.4, -0.2) is 18.2 Å². The first-order valence-corrected chi connectivity index (χ1v) is 4.64. The Kier molecular flexibility index (Phi) is 6.03. The van der Waals surface area contributed by atoms with Crippen LogP contribution in [0.15, 0.2) is 18.2 Å². The van der Waals surface area contributed by atoms with Crippen molar-refractivity contribution >= 4 is 18.4 Å². The van der Waals surface area contributed by atoms with Crippen LogP contribution in [0.1, 0.15) is 23.6 Å². The van der Waals surface area contributed by atoms with Crippen molar-refractivity contribution in [3.63, 3.8) is 0 Å². The number of nitrogens with two attached hydrogens (primary N) is 1. The number of nitriles is 1. The lowest BCUT2D eigenvalue weighted by Crippen LogP contribution is -2.16. The lowest BCUT2D eigenvalue weighted by atomic mass is 10.0. The first kappa shape index (κ1) is 15.2. The van der Waals surface area contributed by atoms with Gasteiger partial charge in [-0.25, -0.2) is 0 Å². The molecule has 0 saturated heterocycles. The Balaban J connectivity index is 0.00000256. The van der Waals surface area contributed by atoms with Gasteiger partial charge in [0.1, 0.15) is 5.75 Å². The summed E-state index contributed by atoms with van der Waals surface area (Å²) < 4.78 is 4.47. The van der Waals surface area contributed by atoms with Gasteiger partial charge < -0.3 is 15.6 Å². The smallest absolute Gasteiger partial charge is 0.307 e. The monoisotopic (exact) mass is 256 g/mol. The summed E-state index contributed by atoms with van der Waals surface area (Å²) in [6.45, 7) is 0. The van der Waals surface area contributed by atoms with Gasteiger partial charge in [0.25, 0.3) is 0 Å². The van der Waals surface area contributed by atoms with Crippen molar-refractivity contribution in [2.24, 2.45) is 5.73 Å². The normalized spacial score (nSPS) is 10.9. The highest BCUT2D eigenvalue weighted by Crippen LogP contribution is 2.25. The first-order chi connectivity index (χ1) is 7.58. The van der Waals surface area contributed by atoms with Gasteiger partial charge in [0.2, 0.25) is 0 Å². The van der Waals surface area contributed by atoms with Gasteiger partial charge in [-0.1, -0.05) is 0 Å². The number of phenols is 1. The Labute approximate surface area is 105 Å². The molecule has 0 amide bonds. The molecule has 0 unspecified atom stereocenters. The van der Waals surface area contributed by atoms with Gasteiger partial charge in [-0.15, -0.1) is 12.4 Å². The maximum absolute atomic E-state index is 11.0. The average molecular weight is 257 g/mol. The van der Waals surface area contributed by atoms with E-state index in [0.29, 0.717) is 11.1 Å². The summed E-state index contributed by atoms with van der Waals surface area (Å²) in [5, 5.41) is 18.2. The largest absolute Gasteiger partial charge is 0.508 e. The number of esters is 1. The third-order valence-corrected chi connectivity index (χ3v) is 2.17. The Morgan fingerprint density at radius 3 is 2.82 bits per heavy atom. The SMILES string of the molecule is COC(=O)C[C@@H](N)c1cc(C#N)ccc1O.Cl. The summed E-state index contributed by atoms with van der Waals surface area (Å²) in [6.07, 6.45) is -0.0427. The summed E-state index contributed by atoms with van der Waals surface area (Å²) in [4.78, 5) is 11.0. The average Bonchev–Trinajstić information content (AvgIpc) is 2.29. The molecule has 0 aliphatic carbocycles. The first-order valence-electron chi connectivity index (χ1n) is 4.64. The van der Waals surface area contributed by atoms with Crippen LogP contribution in [0.3, 0.4) is 0 Å². The number of aromatic hydroxyl groups is 1. The van der Waals surface area contributed by atoms with E-state index in [4.69, 9.17) is 11.0 Å². The molecule has 0 saturated carbocycles. The molecule has 1 atom stereocenters. The van der Waals surface area contributed by atoms with Crippen molar-refractivity contribution < 1.29 is 14.6 Å².